The number of likely N-dealkylation sites (N-methyl/N-ethyl adjacent to an activating group) is 1. The van der Waals surface area contributed by atoms with Crippen molar-refractivity contribution in [3.05, 3.63) is 54.1 Å². The summed E-state index contributed by atoms with van der Waals surface area (Å²) in [6, 6.07) is 15.1. The molecule has 2 rings (SSSR count). The van der Waals surface area contributed by atoms with Crippen molar-refractivity contribution in [2.24, 2.45) is 0 Å². The number of anilines is 2. The van der Waals surface area contributed by atoms with Gasteiger partial charge in [-0.15, -0.1) is 0 Å². The molecule has 2 aromatic rings. The molecule has 0 bridgehead atoms. The molecule has 7 heteroatoms. The van der Waals surface area contributed by atoms with E-state index in [0.29, 0.717) is 22.7 Å². The number of benzene rings is 2. The summed E-state index contributed by atoms with van der Waals surface area (Å²) in [7, 11) is 3.28. The first-order valence-electron chi connectivity index (χ1n) is 8.38. The van der Waals surface area contributed by atoms with Gasteiger partial charge in [0.25, 0.3) is 0 Å². The Morgan fingerprint density at radius 2 is 1.63 bits per heavy atom. The smallest absolute Gasteiger partial charge is 0.241 e. The molecule has 0 aliphatic rings. The predicted octanol–water partition coefficient (Wildman–Crippen LogP) is 2.46. The minimum atomic E-state index is -0.512. The summed E-state index contributed by atoms with van der Waals surface area (Å²) in [6.45, 7) is 1.79. The highest BCUT2D eigenvalue weighted by atomic mass is 16.5. The molecule has 0 aliphatic carbocycles. The van der Waals surface area contributed by atoms with E-state index in [9.17, 15) is 9.59 Å². The van der Waals surface area contributed by atoms with Crippen LogP contribution in [0.5, 0.6) is 5.75 Å². The van der Waals surface area contributed by atoms with Crippen LogP contribution < -0.4 is 15.4 Å². The van der Waals surface area contributed by atoms with Gasteiger partial charge in [-0.25, -0.2) is 0 Å². The van der Waals surface area contributed by atoms with Crippen LogP contribution in [0, 0.1) is 11.3 Å². The van der Waals surface area contributed by atoms with Crippen LogP contribution in [0.2, 0.25) is 0 Å². The van der Waals surface area contributed by atoms with Crippen molar-refractivity contribution in [3.8, 4) is 11.8 Å². The topological polar surface area (TPSA) is 94.5 Å². The summed E-state index contributed by atoms with van der Waals surface area (Å²) < 4.78 is 5.08. The van der Waals surface area contributed by atoms with E-state index in [1.165, 1.54) is 0 Å². The van der Waals surface area contributed by atoms with Gasteiger partial charge in [-0.1, -0.05) is 0 Å². The third kappa shape index (κ3) is 5.83. The van der Waals surface area contributed by atoms with Gasteiger partial charge in [0.1, 0.15) is 5.75 Å². The minimum Gasteiger partial charge on any atom is -0.497 e. The fourth-order valence-corrected chi connectivity index (χ4v) is 2.31. The van der Waals surface area contributed by atoms with Gasteiger partial charge in [0.15, 0.2) is 0 Å². The van der Waals surface area contributed by atoms with Crippen molar-refractivity contribution in [2.75, 3.05) is 31.3 Å². The molecule has 0 aliphatic heterocycles. The Labute approximate surface area is 158 Å². The summed E-state index contributed by atoms with van der Waals surface area (Å²) in [4.78, 5) is 26.2. The SMILES string of the molecule is COc1ccc(NC(=O)CN(C)[C@@H](C)C(=O)Nc2ccc(C#N)cc2)cc1. The van der Waals surface area contributed by atoms with Crippen LogP contribution in [0.3, 0.4) is 0 Å². The number of hydrogen-bond acceptors (Lipinski definition) is 5. The Hall–Kier alpha value is -3.37. The Morgan fingerprint density at radius 3 is 2.19 bits per heavy atom. The van der Waals surface area contributed by atoms with Crippen LogP contribution >= 0.6 is 0 Å². The number of carbonyl (C=O) groups excluding carboxylic acids is 2. The number of rotatable bonds is 7. The largest absolute Gasteiger partial charge is 0.497 e. The maximum atomic E-state index is 12.4. The van der Waals surface area contributed by atoms with Crippen LogP contribution in [0.4, 0.5) is 11.4 Å². The summed E-state index contributed by atoms with van der Waals surface area (Å²) in [5, 5.41) is 14.4. The third-order valence-electron chi connectivity index (χ3n) is 4.09. The second-order valence-electron chi connectivity index (χ2n) is 6.05. The Kier molecular flexibility index (Phi) is 6.92. The van der Waals surface area contributed by atoms with Crippen molar-refractivity contribution in [2.45, 2.75) is 13.0 Å². The Balaban J connectivity index is 1.87. The zero-order valence-electron chi connectivity index (χ0n) is 15.5. The molecular weight excluding hydrogens is 344 g/mol. The highest BCUT2D eigenvalue weighted by Crippen LogP contribution is 2.15. The average molecular weight is 366 g/mol. The number of nitrogens with one attached hydrogen (secondary N) is 2. The lowest BCUT2D eigenvalue weighted by molar-refractivity contribution is -0.122. The van der Waals surface area contributed by atoms with Crippen molar-refractivity contribution < 1.29 is 14.3 Å². The molecule has 0 aromatic heterocycles. The predicted molar refractivity (Wildman–Crippen MR) is 104 cm³/mol. The van der Waals surface area contributed by atoms with Gasteiger partial charge in [-0.3, -0.25) is 14.5 Å². The van der Waals surface area contributed by atoms with Gasteiger partial charge in [-0.2, -0.15) is 5.26 Å². The van der Waals surface area contributed by atoms with Crippen molar-refractivity contribution in [1.29, 1.82) is 5.26 Å². The molecule has 0 heterocycles. The summed E-state index contributed by atoms with van der Waals surface area (Å²) >= 11 is 0. The van der Waals surface area contributed by atoms with Gasteiger partial charge >= 0.3 is 0 Å². The fourth-order valence-electron chi connectivity index (χ4n) is 2.31. The van der Waals surface area contributed by atoms with Crippen LogP contribution in [0.25, 0.3) is 0 Å². The fraction of sp³-hybridized carbons (Fsp3) is 0.250. The molecule has 2 aromatic carbocycles. The molecule has 7 nitrogen and oxygen atoms in total. The maximum Gasteiger partial charge on any atom is 0.241 e. The monoisotopic (exact) mass is 366 g/mol. The normalized spacial score (nSPS) is 11.4. The van der Waals surface area contributed by atoms with Crippen LogP contribution in [0.1, 0.15) is 12.5 Å². The van der Waals surface area contributed by atoms with E-state index in [-0.39, 0.29) is 18.4 Å². The molecule has 2 amide bonds. The number of methoxy groups -OCH3 is 1. The first-order valence-corrected chi connectivity index (χ1v) is 8.38. The Morgan fingerprint density at radius 1 is 1.07 bits per heavy atom. The zero-order valence-corrected chi connectivity index (χ0v) is 15.5. The van der Waals surface area contributed by atoms with E-state index in [1.54, 1.807) is 74.5 Å². The number of nitriles is 1. The van der Waals surface area contributed by atoms with Gasteiger partial charge in [-0.05, 0) is 62.5 Å². The molecule has 0 unspecified atom stereocenters. The van der Waals surface area contributed by atoms with Crippen LogP contribution in [0.15, 0.2) is 48.5 Å². The number of hydrogen-bond donors (Lipinski definition) is 2. The highest BCUT2D eigenvalue weighted by Gasteiger charge is 2.20. The van der Waals surface area contributed by atoms with Gasteiger partial charge in [0.05, 0.1) is 31.3 Å². The molecule has 0 spiro atoms. The first kappa shape index (κ1) is 19.9. The molecule has 0 radical (unpaired) electrons. The van der Waals surface area contributed by atoms with Crippen molar-refractivity contribution in [1.82, 2.24) is 4.90 Å². The van der Waals surface area contributed by atoms with Crippen LogP contribution in [-0.2, 0) is 9.59 Å². The lowest BCUT2D eigenvalue weighted by Gasteiger charge is -2.23. The van der Waals surface area contributed by atoms with E-state index >= 15 is 0 Å². The van der Waals surface area contributed by atoms with Gasteiger partial charge in [0.2, 0.25) is 11.8 Å². The van der Waals surface area contributed by atoms with Gasteiger partial charge < -0.3 is 15.4 Å². The molecule has 140 valence electrons. The standard InChI is InChI=1S/C20H22N4O3/c1-14(20(26)23-17-6-4-15(12-21)5-7-17)24(2)13-19(25)22-16-8-10-18(27-3)11-9-16/h4-11,14H,13H2,1-3H3,(H,22,25)(H,23,26)/t14-/m0/s1. The van der Waals surface area contributed by atoms with E-state index in [2.05, 4.69) is 10.6 Å². The number of amides is 2. The van der Waals surface area contributed by atoms with E-state index < -0.39 is 6.04 Å². The number of ether oxygens (including phenoxy) is 1. The van der Waals surface area contributed by atoms with Crippen molar-refractivity contribution >= 4 is 23.2 Å². The Bertz CT molecular complexity index is 826. The zero-order chi connectivity index (χ0) is 19.8. The number of nitrogens with zero attached hydrogens (tertiary/aromatic N) is 2. The molecule has 0 fully saturated rings. The molecule has 2 N–H and O–H groups in total. The molecular formula is C20H22N4O3. The lowest BCUT2D eigenvalue weighted by atomic mass is 10.2. The average Bonchev–Trinajstić information content (AvgIpc) is 2.68. The quantitative estimate of drug-likeness (QED) is 0.785. The van der Waals surface area contributed by atoms with E-state index in [0.717, 1.165) is 0 Å². The molecule has 1 atom stereocenters. The third-order valence-corrected chi connectivity index (χ3v) is 4.09. The summed E-state index contributed by atoms with van der Waals surface area (Å²) in [5.41, 5.74) is 1.78. The maximum absolute atomic E-state index is 12.4. The molecule has 27 heavy (non-hydrogen) atoms. The summed E-state index contributed by atoms with van der Waals surface area (Å²) in [5.74, 6) is 0.248. The van der Waals surface area contributed by atoms with E-state index in [4.69, 9.17) is 10.00 Å². The summed E-state index contributed by atoms with van der Waals surface area (Å²) in [6.07, 6.45) is 0. The highest BCUT2D eigenvalue weighted by molar-refractivity contribution is 5.96. The number of carbonyl (C=O) groups is 2. The van der Waals surface area contributed by atoms with Crippen molar-refractivity contribution in [3.63, 3.8) is 0 Å². The molecule has 0 saturated carbocycles. The first-order chi connectivity index (χ1) is 12.9. The molecule has 0 saturated heterocycles. The van der Waals surface area contributed by atoms with Crippen LogP contribution in [-0.4, -0.2) is 43.5 Å². The van der Waals surface area contributed by atoms with Gasteiger partial charge in [0, 0.05) is 11.4 Å². The minimum absolute atomic E-state index is 0.0635. The second kappa shape index (κ2) is 9.36. The van der Waals surface area contributed by atoms with E-state index in [1.807, 2.05) is 6.07 Å². The lowest BCUT2D eigenvalue weighted by Crippen LogP contribution is -2.43. The second-order valence-corrected chi connectivity index (χ2v) is 6.05.